The van der Waals surface area contributed by atoms with Crippen molar-refractivity contribution in [2.75, 3.05) is 18.4 Å². The zero-order valence-corrected chi connectivity index (χ0v) is 12.1. The van der Waals surface area contributed by atoms with Gasteiger partial charge in [-0.25, -0.2) is 4.98 Å². The molecule has 5 nitrogen and oxygen atoms in total. The fraction of sp³-hybridized carbons (Fsp3) is 0.385. The molecule has 1 aliphatic rings. The van der Waals surface area contributed by atoms with Crippen LogP contribution in [0.5, 0.6) is 5.75 Å². The first-order chi connectivity index (χ1) is 10.4. The van der Waals surface area contributed by atoms with Crippen molar-refractivity contribution < 1.29 is 22.7 Å². The van der Waals surface area contributed by atoms with E-state index in [9.17, 15) is 18.0 Å². The molecule has 2 N–H and O–H groups in total. The number of amides is 1. The maximum absolute atomic E-state index is 12.2. The molecule has 1 aliphatic heterocycles. The number of anilines is 1. The second kappa shape index (κ2) is 5.73. The van der Waals surface area contributed by atoms with Crippen LogP contribution in [0.25, 0.3) is 10.2 Å². The predicted octanol–water partition coefficient (Wildman–Crippen LogP) is 2.74. The minimum absolute atomic E-state index is 0.101. The smallest absolute Gasteiger partial charge is 0.406 e. The number of hydrogen-bond donors (Lipinski definition) is 2. The monoisotopic (exact) mass is 331 g/mol. The molecule has 3 rings (SSSR count). The number of fused-ring (bicyclic) bond motifs is 1. The summed E-state index contributed by atoms with van der Waals surface area (Å²) in [5, 5.41) is 6.17. The Hall–Kier alpha value is -1.87. The minimum atomic E-state index is -4.73. The van der Waals surface area contributed by atoms with Crippen molar-refractivity contribution in [3.05, 3.63) is 18.2 Å². The second-order valence-corrected chi connectivity index (χ2v) is 5.91. The quantitative estimate of drug-likeness (QED) is 0.908. The van der Waals surface area contributed by atoms with E-state index < -0.39 is 6.36 Å². The number of carbonyl (C=O) groups excluding carboxylic acids is 1. The Kier molecular flexibility index (Phi) is 3.92. The number of thiazole rings is 1. The highest BCUT2D eigenvalue weighted by atomic mass is 32.1. The van der Waals surface area contributed by atoms with Gasteiger partial charge in [-0.2, -0.15) is 0 Å². The van der Waals surface area contributed by atoms with Crippen molar-refractivity contribution in [1.82, 2.24) is 10.3 Å². The molecule has 1 aromatic heterocycles. The zero-order valence-electron chi connectivity index (χ0n) is 11.2. The summed E-state index contributed by atoms with van der Waals surface area (Å²) in [6.45, 7) is 1.43. The fourth-order valence-corrected chi connectivity index (χ4v) is 3.14. The molecule has 1 saturated heterocycles. The maximum Gasteiger partial charge on any atom is 0.573 e. The number of halogens is 3. The molecule has 2 heterocycles. The van der Waals surface area contributed by atoms with Gasteiger partial charge in [-0.05, 0) is 25.1 Å². The first-order valence-electron chi connectivity index (χ1n) is 6.59. The molecule has 1 unspecified atom stereocenters. The molecular formula is C13H12F3N3O2S. The van der Waals surface area contributed by atoms with E-state index in [1.54, 1.807) is 0 Å². The number of hydrogen-bond acceptors (Lipinski definition) is 5. The van der Waals surface area contributed by atoms with E-state index in [1.807, 2.05) is 0 Å². The second-order valence-electron chi connectivity index (χ2n) is 4.88. The van der Waals surface area contributed by atoms with Gasteiger partial charge in [0.25, 0.3) is 0 Å². The number of benzene rings is 1. The van der Waals surface area contributed by atoms with Crippen LogP contribution < -0.4 is 15.4 Å². The number of nitrogens with zero attached hydrogens (tertiary/aromatic N) is 1. The molecule has 0 aliphatic carbocycles. The highest BCUT2D eigenvalue weighted by Gasteiger charge is 2.31. The van der Waals surface area contributed by atoms with Gasteiger partial charge in [0.2, 0.25) is 5.91 Å². The third kappa shape index (κ3) is 3.47. The number of alkyl halides is 3. The topological polar surface area (TPSA) is 63.2 Å². The van der Waals surface area contributed by atoms with E-state index in [-0.39, 0.29) is 17.6 Å². The van der Waals surface area contributed by atoms with E-state index in [1.165, 1.54) is 18.2 Å². The summed E-state index contributed by atoms with van der Waals surface area (Å²) in [6.07, 6.45) is -3.97. The van der Waals surface area contributed by atoms with Crippen LogP contribution in [0.1, 0.15) is 6.42 Å². The molecule has 0 spiro atoms. The molecule has 1 aromatic carbocycles. The van der Waals surface area contributed by atoms with Crippen molar-refractivity contribution in [3.8, 4) is 5.75 Å². The van der Waals surface area contributed by atoms with Crippen LogP contribution in [-0.4, -0.2) is 30.3 Å². The molecule has 0 bridgehead atoms. The number of nitrogens with one attached hydrogen (secondary N) is 2. The molecule has 118 valence electrons. The molecule has 1 atom stereocenters. The van der Waals surface area contributed by atoms with E-state index in [2.05, 4.69) is 20.4 Å². The van der Waals surface area contributed by atoms with Crippen LogP contribution in [0.2, 0.25) is 0 Å². The lowest BCUT2D eigenvalue weighted by molar-refractivity contribution is -0.274. The number of rotatable bonds is 3. The van der Waals surface area contributed by atoms with E-state index in [0.29, 0.717) is 21.9 Å². The van der Waals surface area contributed by atoms with Gasteiger partial charge < -0.3 is 15.4 Å². The SMILES string of the molecule is O=C(Nc1nc2ccc(OC(F)(F)F)cc2s1)C1CCNC1. The Morgan fingerprint density at radius 3 is 2.95 bits per heavy atom. The maximum atomic E-state index is 12.2. The zero-order chi connectivity index (χ0) is 15.7. The van der Waals surface area contributed by atoms with Gasteiger partial charge in [0.15, 0.2) is 5.13 Å². The van der Waals surface area contributed by atoms with Gasteiger partial charge >= 0.3 is 6.36 Å². The van der Waals surface area contributed by atoms with Gasteiger partial charge in [-0.1, -0.05) is 11.3 Å². The number of aromatic nitrogens is 1. The third-order valence-electron chi connectivity index (χ3n) is 3.25. The van der Waals surface area contributed by atoms with Gasteiger partial charge in [-0.3, -0.25) is 4.79 Å². The van der Waals surface area contributed by atoms with Crippen LogP contribution in [0.3, 0.4) is 0 Å². The largest absolute Gasteiger partial charge is 0.573 e. The molecule has 0 radical (unpaired) electrons. The van der Waals surface area contributed by atoms with Crippen LogP contribution in [0.15, 0.2) is 18.2 Å². The highest BCUT2D eigenvalue weighted by molar-refractivity contribution is 7.22. The van der Waals surface area contributed by atoms with E-state index in [0.717, 1.165) is 24.3 Å². The van der Waals surface area contributed by atoms with Gasteiger partial charge in [0, 0.05) is 12.6 Å². The predicted molar refractivity (Wildman–Crippen MR) is 75.9 cm³/mol. The van der Waals surface area contributed by atoms with Crippen LogP contribution in [0.4, 0.5) is 18.3 Å². The Balaban J connectivity index is 1.76. The Morgan fingerprint density at radius 1 is 1.45 bits per heavy atom. The fourth-order valence-electron chi connectivity index (χ4n) is 2.24. The highest BCUT2D eigenvalue weighted by Crippen LogP contribution is 2.31. The first kappa shape index (κ1) is 15.0. The van der Waals surface area contributed by atoms with Crippen molar-refractivity contribution in [1.29, 1.82) is 0 Å². The minimum Gasteiger partial charge on any atom is -0.406 e. The summed E-state index contributed by atoms with van der Waals surface area (Å²) in [6, 6.07) is 3.88. The molecule has 1 fully saturated rings. The summed E-state index contributed by atoms with van der Waals surface area (Å²) < 4.78 is 41.0. The van der Waals surface area contributed by atoms with Crippen molar-refractivity contribution in [2.24, 2.45) is 5.92 Å². The summed E-state index contributed by atoms with van der Waals surface area (Å²) in [5.41, 5.74) is 0.513. The molecule has 2 aromatic rings. The average molecular weight is 331 g/mol. The molecular weight excluding hydrogens is 319 g/mol. The summed E-state index contributed by atoms with van der Waals surface area (Å²) in [5.74, 6) is -0.534. The van der Waals surface area contributed by atoms with E-state index >= 15 is 0 Å². The Morgan fingerprint density at radius 2 is 2.27 bits per heavy atom. The van der Waals surface area contributed by atoms with Crippen molar-refractivity contribution in [3.63, 3.8) is 0 Å². The lowest BCUT2D eigenvalue weighted by Gasteiger charge is -2.07. The standard InChI is InChI=1S/C13H12F3N3O2S/c14-13(15,16)21-8-1-2-9-10(5-8)22-12(18-9)19-11(20)7-3-4-17-6-7/h1-2,5,7,17H,3-4,6H2,(H,18,19,20). The van der Waals surface area contributed by atoms with Crippen LogP contribution in [0, 0.1) is 5.92 Å². The van der Waals surface area contributed by atoms with E-state index in [4.69, 9.17) is 0 Å². The van der Waals surface area contributed by atoms with Gasteiger partial charge in [-0.15, -0.1) is 13.2 Å². The summed E-state index contributed by atoms with van der Waals surface area (Å²) in [4.78, 5) is 16.2. The number of carbonyl (C=O) groups is 1. The van der Waals surface area contributed by atoms with Crippen molar-refractivity contribution >= 4 is 32.6 Å². The average Bonchev–Trinajstić information content (AvgIpc) is 3.04. The molecule has 9 heteroatoms. The van der Waals surface area contributed by atoms with Crippen LogP contribution in [-0.2, 0) is 4.79 Å². The molecule has 0 saturated carbocycles. The van der Waals surface area contributed by atoms with Crippen LogP contribution >= 0.6 is 11.3 Å². The van der Waals surface area contributed by atoms with Gasteiger partial charge in [0.1, 0.15) is 5.75 Å². The first-order valence-corrected chi connectivity index (χ1v) is 7.40. The number of ether oxygens (including phenoxy) is 1. The molecule has 22 heavy (non-hydrogen) atoms. The lowest BCUT2D eigenvalue weighted by Crippen LogP contribution is -2.24. The lowest BCUT2D eigenvalue weighted by atomic mass is 10.1. The third-order valence-corrected chi connectivity index (χ3v) is 4.19. The summed E-state index contributed by atoms with van der Waals surface area (Å²) >= 11 is 1.11. The Bertz CT molecular complexity index is 695. The van der Waals surface area contributed by atoms with Crippen molar-refractivity contribution in [2.45, 2.75) is 12.8 Å². The Labute approximate surface area is 127 Å². The normalized spacial score (nSPS) is 18.6. The summed E-state index contributed by atoms with van der Waals surface area (Å²) in [7, 11) is 0. The van der Waals surface area contributed by atoms with Gasteiger partial charge in [0.05, 0.1) is 16.1 Å². The molecule has 1 amide bonds.